The number of carbonyl (C=O) groups is 1. The van der Waals surface area contributed by atoms with E-state index in [-0.39, 0.29) is 6.61 Å². The highest BCUT2D eigenvalue weighted by atomic mass is 32.1. The molecule has 0 amide bonds. The Morgan fingerprint density at radius 1 is 1.33 bits per heavy atom. The maximum Gasteiger partial charge on any atom is 0.157 e. The molecule has 0 unspecified atom stereocenters. The molecule has 0 aliphatic carbocycles. The van der Waals surface area contributed by atoms with Crippen LogP contribution in [0.1, 0.15) is 5.56 Å². The molecule has 1 rings (SSSR count). The Hall–Kier alpha value is -0.960. The van der Waals surface area contributed by atoms with Gasteiger partial charge in [0.2, 0.25) is 0 Å². The highest BCUT2D eigenvalue weighted by Gasteiger charge is 1.92. The van der Waals surface area contributed by atoms with Crippen LogP contribution in [-0.4, -0.2) is 12.9 Å². The van der Waals surface area contributed by atoms with Crippen molar-refractivity contribution < 1.29 is 9.53 Å². The topological polar surface area (TPSA) is 26.3 Å². The summed E-state index contributed by atoms with van der Waals surface area (Å²) in [5, 5.41) is 0. The minimum atomic E-state index is 0.111. The third-order valence-electron chi connectivity index (χ3n) is 1.42. The van der Waals surface area contributed by atoms with Gasteiger partial charge in [0.25, 0.3) is 0 Å². The molecule has 0 heterocycles. The Morgan fingerprint density at radius 3 is 2.50 bits per heavy atom. The van der Waals surface area contributed by atoms with Crippen LogP contribution >= 0.6 is 12.6 Å². The van der Waals surface area contributed by atoms with E-state index in [1.807, 2.05) is 24.3 Å². The van der Waals surface area contributed by atoms with E-state index in [1.165, 1.54) is 0 Å². The van der Waals surface area contributed by atoms with Gasteiger partial charge in [0.1, 0.15) is 12.4 Å². The van der Waals surface area contributed by atoms with Gasteiger partial charge in [0.15, 0.2) is 6.29 Å². The molecule has 1 aromatic rings. The first-order chi connectivity index (χ1) is 5.86. The molecular weight excluding hydrogens is 172 g/mol. The van der Waals surface area contributed by atoms with Crippen LogP contribution in [0.2, 0.25) is 0 Å². The molecule has 0 N–H and O–H groups in total. The molecule has 3 heteroatoms. The standard InChI is InChI=1S/C9H10O2S/c10-5-6-11-9-3-1-8(7-12)2-4-9/h1-5,12H,6-7H2. The zero-order chi connectivity index (χ0) is 8.81. The van der Waals surface area contributed by atoms with E-state index in [0.717, 1.165) is 11.8 Å². The predicted molar refractivity (Wildman–Crippen MR) is 50.7 cm³/mol. The molecule has 1 aromatic carbocycles. The lowest BCUT2D eigenvalue weighted by atomic mass is 10.2. The molecule has 0 aliphatic heterocycles. The van der Waals surface area contributed by atoms with Gasteiger partial charge in [-0.05, 0) is 17.7 Å². The van der Waals surface area contributed by atoms with Crippen molar-refractivity contribution in [3.05, 3.63) is 29.8 Å². The van der Waals surface area contributed by atoms with Crippen LogP contribution in [0.5, 0.6) is 5.75 Å². The summed E-state index contributed by atoms with van der Waals surface area (Å²) in [6.45, 7) is 0.111. The third kappa shape index (κ3) is 2.58. The number of thiol groups is 1. The normalized spacial score (nSPS) is 9.42. The molecule has 0 atom stereocenters. The van der Waals surface area contributed by atoms with E-state index < -0.39 is 0 Å². The van der Waals surface area contributed by atoms with Crippen molar-refractivity contribution in [3.63, 3.8) is 0 Å². The highest BCUT2D eigenvalue weighted by molar-refractivity contribution is 7.79. The fourth-order valence-corrected chi connectivity index (χ4v) is 1.03. The first-order valence-electron chi connectivity index (χ1n) is 3.63. The summed E-state index contributed by atoms with van der Waals surface area (Å²) in [7, 11) is 0. The summed E-state index contributed by atoms with van der Waals surface area (Å²) in [6.07, 6.45) is 0.729. The minimum absolute atomic E-state index is 0.111. The Balaban J connectivity index is 2.58. The maximum absolute atomic E-state index is 9.96. The van der Waals surface area contributed by atoms with Crippen LogP contribution in [0.4, 0.5) is 0 Å². The number of ether oxygens (including phenoxy) is 1. The second-order valence-corrected chi connectivity index (χ2v) is 2.60. The Morgan fingerprint density at radius 2 is 2.00 bits per heavy atom. The lowest BCUT2D eigenvalue weighted by Crippen LogP contribution is -1.97. The molecule has 0 fully saturated rings. The quantitative estimate of drug-likeness (QED) is 0.566. The Bertz CT molecular complexity index is 243. The van der Waals surface area contributed by atoms with E-state index in [9.17, 15) is 4.79 Å². The average molecular weight is 182 g/mol. The van der Waals surface area contributed by atoms with Gasteiger partial charge in [-0.3, -0.25) is 4.79 Å². The van der Waals surface area contributed by atoms with E-state index in [0.29, 0.717) is 11.5 Å². The fourth-order valence-electron chi connectivity index (χ4n) is 0.821. The second-order valence-electron chi connectivity index (χ2n) is 2.28. The van der Waals surface area contributed by atoms with Gasteiger partial charge in [-0.25, -0.2) is 0 Å². The van der Waals surface area contributed by atoms with Gasteiger partial charge < -0.3 is 4.74 Å². The first kappa shape index (κ1) is 9.13. The second kappa shape index (κ2) is 4.83. The van der Waals surface area contributed by atoms with E-state index in [2.05, 4.69) is 12.6 Å². The van der Waals surface area contributed by atoms with E-state index >= 15 is 0 Å². The van der Waals surface area contributed by atoms with Crippen LogP contribution in [0.3, 0.4) is 0 Å². The van der Waals surface area contributed by atoms with Crippen molar-refractivity contribution in [3.8, 4) is 5.75 Å². The summed E-state index contributed by atoms with van der Waals surface area (Å²) < 4.78 is 5.06. The summed E-state index contributed by atoms with van der Waals surface area (Å²) >= 11 is 4.12. The number of benzene rings is 1. The number of carbonyl (C=O) groups excluding carboxylic acids is 1. The van der Waals surface area contributed by atoms with Crippen LogP contribution in [-0.2, 0) is 10.5 Å². The molecule has 0 aliphatic rings. The first-order valence-corrected chi connectivity index (χ1v) is 4.26. The van der Waals surface area contributed by atoms with Gasteiger partial charge in [-0.1, -0.05) is 12.1 Å². The average Bonchev–Trinajstić information content (AvgIpc) is 2.15. The minimum Gasteiger partial charge on any atom is -0.486 e. The number of hydrogen-bond donors (Lipinski definition) is 1. The smallest absolute Gasteiger partial charge is 0.157 e. The van der Waals surface area contributed by atoms with Gasteiger partial charge in [-0.15, -0.1) is 0 Å². The fraction of sp³-hybridized carbons (Fsp3) is 0.222. The highest BCUT2D eigenvalue weighted by Crippen LogP contribution is 2.12. The molecular formula is C9H10O2S. The van der Waals surface area contributed by atoms with Crippen molar-refractivity contribution in [1.29, 1.82) is 0 Å². The lowest BCUT2D eigenvalue weighted by Gasteiger charge is -2.01. The number of aldehydes is 1. The van der Waals surface area contributed by atoms with Crippen molar-refractivity contribution in [2.24, 2.45) is 0 Å². The molecule has 0 bridgehead atoms. The summed E-state index contributed by atoms with van der Waals surface area (Å²) in [6, 6.07) is 7.50. The largest absolute Gasteiger partial charge is 0.486 e. The van der Waals surface area contributed by atoms with Crippen molar-refractivity contribution in [2.45, 2.75) is 5.75 Å². The SMILES string of the molecule is O=CCOc1ccc(CS)cc1. The molecule has 0 radical (unpaired) electrons. The monoisotopic (exact) mass is 182 g/mol. The van der Waals surface area contributed by atoms with Crippen molar-refractivity contribution in [1.82, 2.24) is 0 Å². The number of rotatable bonds is 4. The molecule has 0 saturated heterocycles. The Kier molecular flexibility index (Phi) is 3.67. The Labute approximate surface area is 77.0 Å². The molecule has 64 valence electrons. The zero-order valence-corrected chi connectivity index (χ0v) is 7.46. The van der Waals surface area contributed by atoms with Gasteiger partial charge in [0, 0.05) is 5.75 Å². The molecule has 0 spiro atoms. The molecule has 12 heavy (non-hydrogen) atoms. The molecule has 0 saturated carbocycles. The van der Waals surface area contributed by atoms with Crippen molar-refractivity contribution >= 4 is 18.9 Å². The van der Waals surface area contributed by atoms with E-state index in [4.69, 9.17) is 4.74 Å². The predicted octanol–water partition coefficient (Wildman–Crippen LogP) is 1.69. The van der Waals surface area contributed by atoms with Crippen LogP contribution in [0, 0.1) is 0 Å². The van der Waals surface area contributed by atoms with Crippen LogP contribution < -0.4 is 4.74 Å². The summed E-state index contributed by atoms with van der Waals surface area (Å²) in [5.41, 5.74) is 1.14. The van der Waals surface area contributed by atoms with Gasteiger partial charge in [0.05, 0.1) is 0 Å². The van der Waals surface area contributed by atoms with Gasteiger partial charge in [-0.2, -0.15) is 12.6 Å². The number of hydrogen-bond acceptors (Lipinski definition) is 3. The zero-order valence-electron chi connectivity index (χ0n) is 6.56. The maximum atomic E-state index is 9.96. The third-order valence-corrected chi connectivity index (χ3v) is 1.79. The molecule has 2 nitrogen and oxygen atoms in total. The lowest BCUT2D eigenvalue weighted by molar-refractivity contribution is -0.109. The van der Waals surface area contributed by atoms with Gasteiger partial charge >= 0.3 is 0 Å². The summed E-state index contributed by atoms with van der Waals surface area (Å²) in [5.74, 6) is 1.43. The van der Waals surface area contributed by atoms with Crippen LogP contribution in [0.15, 0.2) is 24.3 Å². The molecule has 0 aromatic heterocycles. The van der Waals surface area contributed by atoms with Crippen LogP contribution in [0.25, 0.3) is 0 Å². The van der Waals surface area contributed by atoms with Crippen molar-refractivity contribution in [2.75, 3.05) is 6.61 Å². The van der Waals surface area contributed by atoms with E-state index in [1.54, 1.807) is 0 Å². The summed E-state index contributed by atoms with van der Waals surface area (Å²) in [4.78, 5) is 9.96.